The second-order valence-electron chi connectivity index (χ2n) is 5.64. The molecule has 10 heteroatoms. The largest absolute Gasteiger partial charge is 0.493 e. The number of nitrogens with zero attached hydrogens (tertiary/aromatic N) is 2. The zero-order valence-electron chi connectivity index (χ0n) is 13.8. The molecule has 25 heavy (non-hydrogen) atoms. The molecule has 0 bridgehead atoms. The molecule has 0 aliphatic carbocycles. The van der Waals surface area contributed by atoms with Crippen molar-refractivity contribution in [3.63, 3.8) is 0 Å². The van der Waals surface area contributed by atoms with E-state index in [0.717, 1.165) is 11.8 Å². The number of amides is 2. The van der Waals surface area contributed by atoms with Crippen molar-refractivity contribution >= 4 is 32.9 Å². The number of ether oxygens (including phenoxy) is 2. The molecule has 2 saturated heterocycles. The summed E-state index contributed by atoms with van der Waals surface area (Å²) in [6.07, 6.45) is 0.435. The SMILES string of the molecule is COc1ccc(S(=O)(=O)N2CCC(N3C(=O)CSC3=O)C2)cc1OC. The quantitative estimate of drug-likeness (QED) is 0.750. The number of sulfonamides is 1. The Morgan fingerprint density at radius 2 is 1.88 bits per heavy atom. The van der Waals surface area contributed by atoms with E-state index in [4.69, 9.17) is 9.47 Å². The summed E-state index contributed by atoms with van der Waals surface area (Å²) in [6, 6.07) is 3.98. The summed E-state index contributed by atoms with van der Waals surface area (Å²) in [5.74, 6) is 0.620. The second-order valence-corrected chi connectivity index (χ2v) is 8.51. The average Bonchev–Trinajstić information content (AvgIpc) is 3.21. The molecule has 1 aromatic rings. The number of hydrogen-bond donors (Lipinski definition) is 0. The summed E-state index contributed by atoms with van der Waals surface area (Å²) in [5.41, 5.74) is 0. The molecule has 2 aliphatic rings. The Kier molecular flexibility index (Phi) is 4.94. The number of hydrogen-bond acceptors (Lipinski definition) is 7. The fraction of sp³-hybridized carbons (Fsp3) is 0.467. The van der Waals surface area contributed by atoms with Crippen LogP contribution in [0.3, 0.4) is 0 Å². The number of thioether (sulfide) groups is 1. The van der Waals surface area contributed by atoms with Crippen molar-refractivity contribution in [3.05, 3.63) is 18.2 Å². The van der Waals surface area contributed by atoms with Crippen molar-refractivity contribution in [3.8, 4) is 11.5 Å². The Morgan fingerprint density at radius 3 is 2.48 bits per heavy atom. The van der Waals surface area contributed by atoms with Crippen LogP contribution in [-0.2, 0) is 14.8 Å². The molecule has 0 N–H and O–H groups in total. The Balaban J connectivity index is 1.82. The van der Waals surface area contributed by atoms with Gasteiger partial charge in [0.25, 0.3) is 5.24 Å². The molecule has 0 spiro atoms. The monoisotopic (exact) mass is 386 g/mol. The maximum absolute atomic E-state index is 12.9. The van der Waals surface area contributed by atoms with Crippen LogP contribution in [0.2, 0.25) is 0 Å². The number of carbonyl (C=O) groups excluding carboxylic acids is 2. The standard InChI is InChI=1S/C15H18N2O6S2/c1-22-12-4-3-11(7-13(12)23-2)25(20,21)16-6-5-10(8-16)17-14(18)9-24-15(17)19/h3-4,7,10H,5-6,8-9H2,1-2H3. The van der Waals surface area contributed by atoms with Crippen molar-refractivity contribution < 1.29 is 27.5 Å². The van der Waals surface area contributed by atoms with Gasteiger partial charge >= 0.3 is 0 Å². The lowest BCUT2D eigenvalue weighted by atomic mass is 10.2. The first kappa shape index (κ1) is 18.0. The van der Waals surface area contributed by atoms with E-state index in [9.17, 15) is 18.0 Å². The molecular formula is C15H18N2O6S2. The van der Waals surface area contributed by atoms with Crippen LogP contribution >= 0.6 is 11.8 Å². The first-order chi connectivity index (χ1) is 11.9. The Hall–Kier alpha value is -1.78. The molecule has 2 aliphatic heterocycles. The molecule has 136 valence electrons. The number of methoxy groups -OCH3 is 2. The highest BCUT2D eigenvalue weighted by Gasteiger charge is 2.42. The first-order valence-electron chi connectivity index (χ1n) is 7.59. The summed E-state index contributed by atoms with van der Waals surface area (Å²) in [7, 11) is -0.848. The third-order valence-electron chi connectivity index (χ3n) is 4.27. The minimum Gasteiger partial charge on any atom is -0.493 e. The van der Waals surface area contributed by atoms with Crippen LogP contribution in [0.4, 0.5) is 4.79 Å². The van der Waals surface area contributed by atoms with E-state index in [0.29, 0.717) is 17.9 Å². The van der Waals surface area contributed by atoms with Gasteiger partial charge in [0.15, 0.2) is 11.5 Å². The van der Waals surface area contributed by atoms with Gasteiger partial charge in [0.1, 0.15) is 0 Å². The minimum absolute atomic E-state index is 0.0826. The van der Waals surface area contributed by atoms with E-state index < -0.39 is 16.1 Å². The molecule has 1 atom stereocenters. The first-order valence-corrected chi connectivity index (χ1v) is 10.0. The number of rotatable bonds is 5. The molecule has 1 aromatic carbocycles. The molecule has 0 aromatic heterocycles. The number of benzene rings is 1. The summed E-state index contributed by atoms with van der Waals surface area (Å²) < 4.78 is 37.3. The zero-order chi connectivity index (χ0) is 18.2. The average molecular weight is 386 g/mol. The number of carbonyl (C=O) groups is 2. The molecular weight excluding hydrogens is 368 g/mol. The van der Waals surface area contributed by atoms with Gasteiger partial charge in [0.05, 0.1) is 30.9 Å². The van der Waals surface area contributed by atoms with E-state index in [1.807, 2.05) is 0 Å². The lowest BCUT2D eigenvalue weighted by Crippen LogP contribution is -2.41. The second kappa shape index (κ2) is 6.85. The van der Waals surface area contributed by atoms with Crippen LogP contribution in [0, 0.1) is 0 Å². The van der Waals surface area contributed by atoms with E-state index in [-0.39, 0.29) is 34.9 Å². The maximum Gasteiger partial charge on any atom is 0.289 e. The van der Waals surface area contributed by atoms with Crippen LogP contribution in [0.15, 0.2) is 23.1 Å². The Labute approximate surface area is 150 Å². The van der Waals surface area contributed by atoms with E-state index in [1.165, 1.54) is 41.6 Å². The van der Waals surface area contributed by atoms with Crippen LogP contribution in [0.5, 0.6) is 11.5 Å². The van der Waals surface area contributed by atoms with Crippen LogP contribution in [-0.4, -0.2) is 67.9 Å². The number of imide groups is 1. The van der Waals surface area contributed by atoms with E-state index in [2.05, 4.69) is 0 Å². The molecule has 0 saturated carbocycles. The van der Waals surface area contributed by atoms with Gasteiger partial charge in [0, 0.05) is 19.2 Å². The van der Waals surface area contributed by atoms with Gasteiger partial charge in [-0.25, -0.2) is 8.42 Å². The summed E-state index contributed by atoms with van der Waals surface area (Å²) in [6.45, 7) is 0.359. The summed E-state index contributed by atoms with van der Waals surface area (Å²) >= 11 is 0.954. The normalized spacial score (nSPS) is 21.8. The van der Waals surface area contributed by atoms with Gasteiger partial charge in [0.2, 0.25) is 15.9 Å². The molecule has 2 heterocycles. The third kappa shape index (κ3) is 3.21. The van der Waals surface area contributed by atoms with Gasteiger partial charge in [-0.2, -0.15) is 4.31 Å². The van der Waals surface area contributed by atoms with Crippen molar-refractivity contribution in [2.24, 2.45) is 0 Å². The highest BCUT2D eigenvalue weighted by molar-refractivity contribution is 8.14. The highest BCUT2D eigenvalue weighted by atomic mass is 32.2. The van der Waals surface area contributed by atoms with Gasteiger partial charge in [-0.1, -0.05) is 11.8 Å². The van der Waals surface area contributed by atoms with Crippen molar-refractivity contribution in [1.29, 1.82) is 0 Å². The lowest BCUT2D eigenvalue weighted by Gasteiger charge is -2.22. The zero-order valence-corrected chi connectivity index (χ0v) is 15.4. The molecule has 2 amide bonds. The van der Waals surface area contributed by atoms with E-state index in [1.54, 1.807) is 0 Å². The van der Waals surface area contributed by atoms with Crippen molar-refractivity contribution in [2.75, 3.05) is 33.1 Å². The van der Waals surface area contributed by atoms with Gasteiger partial charge in [-0.05, 0) is 18.6 Å². The fourth-order valence-electron chi connectivity index (χ4n) is 2.98. The molecule has 2 fully saturated rings. The van der Waals surface area contributed by atoms with Gasteiger partial charge in [-0.15, -0.1) is 0 Å². The van der Waals surface area contributed by atoms with E-state index >= 15 is 0 Å². The van der Waals surface area contributed by atoms with Crippen molar-refractivity contribution in [2.45, 2.75) is 17.4 Å². The summed E-state index contributed by atoms with van der Waals surface area (Å²) in [5, 5.41) is -0.305. The highest BCUT2D eigenvalue weighted by Crippen LogP contribution is 2.33. The maximum atomic E-state index is 12.9. The summed E-state index contributed by atoms with van der Waals surface area (Å²) in [4.78, 5) is 24.9. The van der Waals surface area contributed by atoms with Gasteiger partial charge < -0.3 is 9.47 Å². The van der Waals surface area contributed by atoms with Crippen LogP contribution in [0.25, 0.3) is 0 Å². The fourth-order valence-corrected chi connectivity index (χ4v) is 5.27. The third-order valence-corrected chi connectivity index (χ3v) is 6.96. The van der Waals surface area contributed by atoms with Crippen LogP contribution in [0.1, 0.15) is 6.42 Å². The Bertz CT molecular complexity index is 794. The predicted molar refractivity (Wildman–Crippen MR) is 91.4 cm³/mol. The smallest absolute Gasteiger partial charge is 0.289 e. The molecule has 0 radical (unpaired) electrons. The molecule has 1 unspecified atom stereocenters. The molecule has 8 nitrogen and oxygen atoms in total. The predicted octanol–water partition coefficient (Wildman–Crippen LogP) is 1.16. The van der Waals surface area contributed by atoms with Gasteiger partial charge in [-0.3, -0.25) is 14.5 Å². The van der Waals surface area contributed by atoms with Crippen LogP contribution < -0.4 is 9.47 Å². The Morgan fingerprint density at radius 1 is 1.16 bits per heavy atom. The van der Waals surface area contributed by atoms with Crippen molar-refractivity contribution in [1.82, 2.24) is 9.21 Å². The topological polar surface area (TPSA) is 93.2 Å². The minimum atomic E-state index is -3.75. The molecule has 3 rings (SSSR count). The lowest BCUT2D eigenvalue weighted by molar-refractivity contribution is -0.126.